The van der Waals surface area contributed by atoms with Crippen LogP contribution in [0.5, 0.6) is 11.5 Å². The van der Waals surface area contributed by atoms with Crippen LogP contribution in [0.3, 0.4) is 0 Å². The molecule has 4 N–H and O–H groups in total. The highest BCUT2D eigenvalue weighted by Gasteiger charge is 2.27. The van der Waals surface area contributed by atoms with Crippen LogP contribution < -0.4 is 9.05 Å². The van der Waals surface area contributed by atoms with Crippen LogP contribution >= 0.6 is 27.2 Å². The van der Waals surface area contributed by atoms with E-state index in [1.807, 2.05) is 0 Å². The highest BCUT2D eigenvalue weighted by atomic mass is 35.5. The van der Waals surface area contributed by atoms with Crippen molar-refractivity contribution in [3.63, 3.8) is 0 Å². The number of halogens is 1. The molecule has 0 aliphatic carbocycles. The molecular weight excluding hydrogens is 321 g/mol. The Kier molecular flexibility index (Phi) is 5.03. The number of benzene rings is 1. The van der Waals surface area contributed by atoms with Gasteiger partial charge < -0.3 is 9.05 Å². The minimum atomic E-state index is -4.94. The maximum Gasteiger partial charge on any atom is 0.524 e. The minimum Gasteiger partial charge on any atom is -0.400 e. The van der Waals surface area contributed by atoms with Gasteiger partial charge >= 0.3 is 15.6 Å². The van der Waals surface area contributed by atoms with E-state index in [-0.39, 0.29) is 5.56 Å². The Bertz CT molecular complexity index is 548. The predicted octanol–water partition coefficient (Wildman–Crippen LogP) is 1.93. The monoisotopic (exact) mass is 332 g/mol. The summed E-state index contributed by atoms with van der Waals surface area (Å²) in [6, 6.07) is 3.83. The van der Waals surface area contributed by atoms with Crippen LogP contribution in [-0.2, 0) is 9.13 Å². The lowest BCUT2D eigenvalue weighted by Crippen LogP contribution is -2.00. The summed E-state index contributed by atoms with van der Waals surface area (Å²) in [6.45, 7) is 1.49. The van der Waals surface area contributed by atoms with Crippen molar-refractivity contribution in [3.8, 4) is 11.5 Å². The van der Waals surface area contributed by atoms with E-state index < -0.39 is 32.5 Å². The van der Waals surface area contributed by atoms with Crippen LogP contribution in [0.25, 0.3) is 0 Å². The van der Waals surface area contributed by atoms with Gasteiger partial charge in [-0.05, 0) is 13.0 Å². The van der Waals surface area contributed by atoms with Crippen LogP contribution in [0.15, 0.2) is 18.2 Å². The highest BCUT2D eigenvalue weighted by molar-refractivity contribution is 7.47. The lowest BCUT2D eigenvalue weighted by molar-refractivity contribution is 0.263. The van der Waals surface area contributed by atoms with Gasteiger partial charge in [-0.15, -0.1) is 11.6 Å². The Morgan fingerprint density at radius 1 is 1.11 bits per heavy atom. The molecule has 0 fully saturated rings. The Morgan fingerprint density at radius 3 is 2.05 bits per heavy atom. The molecule has 0 heterocycles. The standard InChI is InChI=1S/C8H11ClO8P2/c1-5(9)6-3-2-4-7(16-18(10,11)12)8(6)17-19(13,14)15/h2-5H,1H3,(H2,10,11,12)(H2,13,14,15). The number of phosphoric ester groups is 2. The number of hydrogen-bond donors (Lipinski definition) is 4. The molecule has 0 aliphatic heterocycles. The molecule has 0 bridgehead atoms. The van der Waals surface area contributed by atoms with Gasteiger partial charge in [-0.3, -0.25) is 19.6 Å². The molecule has 8 nitrogen and oxygen atoms in total. The van der Waals surface area contributed by atoms with Crippen LogP contribution in [0.1, 0.15) is 17.9 Å². The third kappa shape index (κ3) is 5.50. The van der Waals surface area contributed by atoms with Crippen molar-refractivity contribution >= 4 is 27.2 Å². The topological polar surface area (TPSA) is 134 Å². The summed E-state index contributed by atoms with van der Waals surface area (Å²) < 4.78 is 30.4. The van der Waals surface area contributed by atoms with Crippen LogP contribution in [0.2, 0.25) is 0 Å². The van der Waals surface area contributed by atoms with Gasteiger partial charge in [0.15, 0.2) is 11.5 Å². The maximum absolute atomic E-state index is 10.9. The van der Waals surface area contributed by atoms with Gasteiger partial charge in [-0.2, -0.15) is 0 Å². The van der Waals surface area contributed by atoms with E-state index in [1.165, 1.54) is 19.1 Å². The Hall–Kier alpha value is -0.590. The largest absolute Gasteiger partial charge is 0.524 e. The molecular formula is C8H11ClO8P2. The Morgan fingerprint density at radius 2 is 1.63 bits per heavy atom. The van der Waals surface area contributed by atoms with E-state index >= 15 is 0 Å². The summed E-state index contributed by atoms with van der Waals surface area (Å²) in [4.78, 5) is 35.1. The molecule has 1 rings (SSSR count). The van der Waals surface area contributed by atoms with Crippen LogP contribution in [0.4, 0.5) is 0 Å². The van der Waals surface area contributed by atoms with Gasteiger partial charge in [0.1, 0.15) is 0 Å². The molecule has 0 aromatic heterocycles. The fraction of sp³-hybridized carbons (Fsp3) is 0.250. The lowest BCUT2D eigenvalue weighted by Gasteiger charge is -2.17. The average molecular weight is 333 g/mol. The van der Waals surface area contributed by atoms with E-state index in [9.17, 15) is 9.13 Å². The van der Waals surface area contributed by atoms with Crippen LogP contribution in [-0.4, -0.2) is 19.6 Å². The van der Waals surface area contributed by atoms with Crippen molar-refractivity contribution in [1.82, 2.24) is 0 Å². The SMILES string of the molecule is CC(Cl)c1cccc(OP(=O)(O)O)c1OP(=O)(O)O. The van der Waals surface area contributed by atoms with E-state index in [2.05, 4.69) is 9.05 Å². The number of hydrogen-bond acceptors (Lipinski definition) is 4. The second-order valence-electron chi connectivity index (χ2n) is 3.45. The van der Waals surface area contributed by atoms with Gasteiger partial charge in [0.05, 0.1) is 5.38 Å². The van der Waals surface area contributed by atoms with Crippen molar-refractivity contribution in [2.45, 2.75) is 12.3 Å². The first-order chi connectivity index (χ1) is 8.49. The predicted molar refractivity (Wildman–Crippen MR) is 66.1 cm³/mol. The van der Waals surface area contributed by atoms with E-state index in [0.717, 1.165) is 6.07 Å². The first-order valence-electron chi connectivity index (χ1n) is 4.77. The van der Waals surface area contributed by atoms with Crippen molar-refractivity contribution < 1.29 is 37.8 Å². The quantitative estimate of drug-likeness (QED) is 0.474. The number of alkyl halides is 1. The fourth-order valence-electron chi connectivity index (χ4n) is 1.26. The zero-order valence-corrected chi connectivity index (χ0v) is 12.0. The second kappa shape index (κ2) is 5.81. The van der Waals surface area contributed by atoms with Crippen molar-refractivity contribution in [3.05, 3.63) is 23.8 Å². The minimum absolute atomic E-state index is 0.121. The molecule has 1 unspecified atom stereocenters. The number of phosphoric acid groups is 2. The Balaban J connectivity index is 3.34. The van der Waals surface area contributed by atoms with Gasteiger partial charge in [0.25, 0.3) is 0 Å². The third-order valence-electron chi connectivity index (χ3n) is 1.87. The second-order valence-corrected chi connectivity index (χ2v) is 6.44. The zero-order valence-electron chi connectivity index (χ0n) is 9.50. The maximum atomic E-state index is 10.9. The molecule has 0 spiro atoms. The third-order valence-corrected chi connectivity index (χ3v) is 2.96. The smallest absolute Gasteiger partial charge is 0.400 e. The molecule has 1 aromatic carbocycles. The molecule has 1 aromatic rings. The summed E-state index contributed by atoms with van der Waals surface area (Å²) >= 11 is 5.80. The summed E-state index contributed by atoms with van der Waals surface area (Å²) in [7, 11) is -9.84. The van der Waals surface area contributed by atoms with Crippen LogP contribution in [0, 0.1) is 0 Å². The average Bonchev–Trinajstić information content (AvgIpc) is 2.15. The van der Waals surface area contributed by atoms with Gasteiger partial charge in [0, 0.05) is 5.56 Å². The van der Waals surface area contributed by atoms with Crippen molar-refractivity contribution in [2.75, 3.05) is 0 Å². The molecule has 0 saturated heterocycles. The van der Waals surface area contributed by atoms with Crippen molar-refractivity contribution in [1.29, 1.82) is 0 Å². The molecule has 19 heavy (non-hydrogen) atoms. The normalized spacial score (nSPS) is 14.0. The molecule has 0 aliphatic rings. The van der Waals surface area contributed by atoms with Gasteiger partial charge in [0.2, 0.25) is 0 Å². The Labute approximate surface area is 113 Å². The lowest BCUT2D eigenvalue weighted by atomic mass is 10.1. The molecule has 0 radical (unpaired) electrons. The molecule has 108 valence electrons. The molecule has 0 saturated carbocycles. The van der Waals surface area contributed by atoms with E-state index in [1.54, 1.807) is 0 Å². The summed E-state index contributed by atoms with van der Waals surface area (Å²) in [5.74, 6) is -1.02. The van der Waals surface area contributed by atoms with Gasteiger partial charge in [-0.1, -0.05) is 12.1 Å². The molecule has 11 heteroatoms. The summed E-state index contributed by atoms with van der Waals surface area (Å²) in [6.07, 6.45) is 0. The zero-order chi connectivity index (χ0) is 14.8. The molecule has 0 amide bonds. The first kappa shape index (κ1) is 16.5. The summed E-state index contributed by atoms with van der Waals surface area (Å²) in [5, 5.41) is -0.720. The summed E-state index contributed by atoms with van der Waals surface area (Å²) in [5.41, 5.74) is 0.121. The molecule has 1 atom stereocenters. The van der Waals surface area contributed by atoms with Crippen molar-refractivity contribution in [2.24, 2.45) is 0 Å². The highest BCUT2D eigenvalue weighted by Crippen LogP contribution is 2.50. The van der Waals surface area contributed by atoms with Gasteiger partial charge in [-0.25, -0.2) is 9.13 Å². The number of para-hydroxylation sites is 1. The van der Waals surface area contributed by atoms with E-state index in [4.69, 9.17) is 31.2 Å². The number of rotatable bonds is 5. The first-order valence-corrected chi connectivity index (χ1v) is 8.26. The fourth-order valence-corrected chi connectivity index (χ4v) is 2.27. The van der Waals surface area contributed by atoms with E-state index in [0.29, 0.717) is 0 Å².